The SMILES string of the molecule is COC(=O)C(F)(F)OC(F)(F)C(F)(F)C(=O)OC. The van der Waals surface area contributed by atoms with E-state index in [2.05, 4.69) is 14.2 Å². The van der Waals surface area contributed by atoms with E-state index in [0.717, 1.165) is 0 Å². The summed E-state index contributed by atoms with van der Waals surface area (Å²) < 4.78 is 84.8. The van der Waals surface area contributed by atoms with E-state index in [-0.39, 0.29) is 0 Å². The van der Waals surface area contributed by atoms with E-state index >= 15 is 0 Å². The van der Waals surface area contributed by atoms with E-state index in [0.29, 0.717) is 14.2 Å². The number of carbonyl (C=O) groups is 2. The number of esters is 2. The zero-order chi connectivity index (χ0) is 14.8. The molecule has 106 valence electrons. The van der Waals surface area contributed by atoms with Gasteiger partial charge in [-0.05, 0) is 0 Å². The molecule has 18 heavy (non-hydrogen) atoms. The average molecular weight is 284 g/mol. The number of carbonyl (C=O) groups excluding carboxylic acids is 2. The van der Waals surface area contributed by atoms with Gasteiger partial charge in [-0.3, -0.25) is 0 Å². The average Bonchev–Trinajstić information content (AvgIpc) is 2.24. The molecule has 0 aliphatic carbocycles. The number of alkyl halides is 6. The van der Waals surface area contributed by atoms with Crippen LogP contribution in [0.15, 0.2) is 0 Å². The van der Waals surface area contributed by atoms with Crippen LogP contribution < -0.4 is 0 Å². The molecule has 11 heteroatoms. The Morgan fingerprint density at radius 3 is 1.56 bits per heavy atom. The summed E-state index contributed by atoms with van der Waals surface area (Å²) >= 11 is 0. The zero-order valence-corrected chi connectivity index (χ0v) is 8.81. The van der Waals surface area contributed by atoms with E-state index in [1.807, 2.05) is 0 Å². The van der Waals surface area contributed by atoms with Crippen LogP contribution in [0.3, 0.4) is 0 Å². The Labute approximate surface area is 95.6 Å². The second kappa shape index (κ2) is 5.00. The van der Waals surface area contributed by atoms with Crippen molar-refractivity contribution in [1.29, 1.82) is 0 Å². The summed E-state index contributed by atoms with van der Waals surface area (Å²) in [5.74, 6) is -11.2. The summed E-state index contributed by atoms with van der Waals surface area (Å²) in [5, 5.41) is 0. The molecule has 0 aromatic rings. The summed E-state index contributed by atoms with van der Waals surface area (Å²) in [6.07, 6.45) is -11.3. The van der Waals surface area contributed by atoms with Crippen molar-refractivity contribution in [3.63, 3.8) is 0 Å². The summed E-state index contributed by atoms with van der Waals surface area (Å²) in [6.45, 7) is 0. The van der Waals surface area contributed by atoms with Crippen molar-refractivity contribution < 1.29 is 50.1 Å². The standard InChI is InChI=1S/C7H6F6O5/c1-16-3(14)5(8,9)7(12,13)18-6(10,11)4(15)17-2/h1-2H3. The lowest BCUT2D eigenvalue weighted by Gasteiger charge is -2.26. The van der Waals surface area contributed by atoms with Crippen molar-refractivity contribution in [3.8, 4) is 0 Å². The number of hydrogen-bond donors (Lipinski definition) is 0. The first-order chi connectivity index (χ1) is 7.92. The van der Waals surface area contributed by atoms with Gasteiger partial charge in [-0.2, -0.15) is 26.3 Å². The van der Waals surface area contributed by atoms with E-state index in [9.17, 15) is 35.9 Å². The molecular weight excluding hydrogens is 278 g/mol. The first kappa shape index (κ1) is 16.5. The van der Waals surface area contributed by atoms with Crippen LogP contribution in [0.1, 0.15) is 0 Å². The van der Waals surface area contributed by atoms with Gasteiger partial charge in [0.05, 0.1) is 14.2 Å². The number of ether oxygens (including phenoxy) is 3. The molecule has 0 aliphatic rings. The molecule has 0 saturated heterocycles. The lowest BCUT2D eigenvalue weighted by molar-refractivity contribution is -0.413. The highest BCUT2D eigenvalue weighted by Crippen LogP contribution is 2.40. The molecule has 0 spiro atoms. The maximum Gasteiger partial charge on any atom is 0.460 e. The van der Waals surface area contributed by atoms with Gasteiger partial charge in [0, 0.05) is 0 Å². The first-order valence-electron chi connectivity index (χ1n) is 3.93. The molecule has 0 heterocycles. The van der Waals surface area contributed by atoms with Crippen LogP contribution in [0.5, 0.6) is 0 Å². The highest BCUT2D eigenvalue weighted by molar-refractivity contribution is 5.79. The third-order valence-electron chi connectivity index (χ3n) is 1.49. The summed E-state index contributed by atoms with van der Waals surface area (Å²) in [4.78, 5) is 20.6. The minimum absolute atomic E-state index is 0.324. The molecule has 0 N–H and O–H groups in total. The van der Waals surface area contributed by atoms with Crippen molar-refractivity contribution >= 4 is 11.9 Å². The van der Waals surface area contributed by atoms with E-state index < -0.39 is 30.1 Å². The number of hydrogen-bond acceptors (Lipinski definition) is 5. The monoisotopic (exact) mass is 284 g/mol. The number of halogens is 6. The second-order valence-electron chi connectivity index (χ2n) is 2.69. The molecule has 0 fully saturated rings. The van der Waals surface area contributed by atoms with Crippen LogP contribution in [0.4, 0.5) is 26.3 Å². The normalized spacial score (nSPS) is 13.1. The Morgan fingerprint density at radius 1 is 0.833 bits per heavy atom. The summed E-state index contributed by atoms with van der Waals surface area (Å²) in [6, 6.07) is 0. The van der Waals surface area contributed by atoms with Crippen molar-refractivity contribution in [1.82, 2.24) is 0 Å². The lowest BCUT2D eigenvalue weighted by Crippen LogP contribution is -2.54. The Balaban J connectivity index is 5.18. The van der Waals surface area contributed by atoms with Gasteiger partial charge >= 0.3 is 30.1 Å². The fourth-order valence-corrected chi connectivity index (χ4v) is 0.633. The fourth-order valence-electron chi connectivity index (χ4n) is 0.633. The highest BCUT2D eigenvalue weighted by Gasteiger charge is 2.69. The molecule has 0 radical (unpaired) electrons. The molecule has 5 nitrogen and oxygen atoms in total. The maximum atomic E-state index is 12.7. The van der Waals surface area contributed by atoms with Gasteiger partial charge in [-0.25, -0.2) is 14.3 Å². The summed E-state index contributed by atoms with van der Waals surface area (Å²) in [5.41, 5.74) is 0. The Bertz CT molecular complexity index is 341. The van der Waals surface area contributed by atoms with Crippen molar-refractivity contribution in [2.45, 2.75) is 18.1 Å². The predicted molar refractivity (Wildman–Crippen MR) is 40.0 cm³/mol. The smallest absolute Gasteiger partial charge is 0.460 e. The molecule has 0 saturated carbocycles. The van der Waals surface area contributed by atoms with Gasteiger partial charge in [0.25, 0.3) is 0 Å². The third-order valence-corrected chi connectivity index (χ3v) is 1.49. The Hall–Kier alpha value is -1.52. The lowest BCUT2D eigenvalue weighted by atomic mass is 10.3. The van der Waals surface area contributed by atoms with Gasteiger partial charge in [-0.15, -0.1) is 0 Å². The number of rotatable bonds is 5. The van der Waals surface area contributed by atoms with Crippen LogP contribution in [0.25, 0.3) is 0 Å². The molecule has 0 unspecified atom stereocenters. The zero-order valence-electron chi connectivity index (χ0n) is 8.81. The van der Waals surface area contributed by atoms with Crippen LogP contribution in [-0.4, -0.2) is 44.3 Å². The highest BCUT2D eigenvalue weighted by atomic mass is 19.3. The second-order valence-corrected chi connectivity index (χ2v) is 2.69. The van der Waals surface area contributed by atoms with Crippen LogP contribution in [0.2, 0.25) is 0 Å². The maximum absolute atomic E-state index is 12.7. The molecule has 0 rings (SSSR count). The quantitative estimate of drug-likeness (QED) is 0.560. The predicted octanol–water partition coefficient (Wildman–Crippen LogP) is 1.17. The third kappa shape index (κ3) is 3.03. The topological polar surface area (TPSA) is 61.8 Å². The van der Waals surface area contributed by atoms with Crippen molar-refractivity contribution in [3.05, 3.63) is 0 Å². The minimum Gasteiger partial charge on any atom is -0.464 e. The van der Waals surface area contributed by atoms with Gasteiger partial charge in [-0.1, -0.05) is 0 Å². The van der Waals surface area contributed by atoms with Gasteiger partial charge in [0.2, 0.25) is 0 Å². The van der Waals surface area contributed by atoms with Gasteiger partial charge in [0.15, 0.2) is 0 Å². The van der Waals surface area contributed by atoms with E-state index in [1.165, 1.54) is 0 Å². The van der Waals surface area contributed by atoms with E-state index in [1.54, 1.807) is 0 Å². The molecule has 0 aliphatic heterocycles. The van der Waals surface area contributed by atoms with Gasteiger partial charge < -0.3 is 9.47 Å². The molecule has 0 bridgehead atoms. The van der Waals surface area contributed by atoms with Crippen molar-refractivity contribution in [2.24, 2.45) is 0 Å². The number of methoxy groups -OCH3 is 2. The van der Waals surface area contributed by atoms with Crippen LogP contribution in [-0.2, 0) is 23.8 Å². The van der Waals surface area contributed by atoms with Crippen LogP contribution >= 0.6 is 0 Å². The molecular formula is C7H6F6O5. The first-order valence-corrected chi connectivity index (χ1v) is 3.93. The Kier molecular flexibility index (Phi) is 4.58. The minimum atomic E-state index is -5.97. The van der Waals surface area contributed by atoms with Crippen LogP contribution in [0, 0.1) is 0 Å². The molecule has 0 aromatic carbocycles. The molecule has 0 amide bonds. The van der Waals surface area contributed by atoms with E-state index in [4.69, 9.17) is 0 Å². The largest absolute Gasteiger partial charge is 0.464 e. The van der Waals surface area contributed by atoms with Crippen molar-refractivity contribution in [2.75, 3.05) is 14.2 Å². The molecule has 0 aromatic heterocycles. The summed E-state index contributed by atoms with van der Waals surface area (Å²) in [7, 11) is 0.709. The molecule has 0 atom stereocenters. The fraction of sp³-hybridized carbons (Fsp3) is 0.714. The Morgan fingerprint density at radius 2 is 1.22 bits per heavy atom. The van der Waals surface area contributed by atoms with Gasteiger partial charge in [0.1, 0.15) is 0 Å².